The van der Waals surface area contributed by atoms with Gasteiger partial charge in [0.2, 0.25) is 0 Å². The fourth-order valence-corrected chi connectivity index (χ4v) is 5.07. The van der Waals surface area contributed by atoms with Gasteiger partial charge in [-0.2, -0.15) is 0 Å². The summed E-state index contributed by atoms with van der Waals surface area (Å²) in [5.74, 6) is -0.714. The molecule has 28 heavy (non-hydrogen) atoms. The smallest absolute Gasteiger partial charge is 0.306 e. The molecule has 0 bridgehead atoms. The van der Waals surface area contributed by atoms with Gasteiger partial charge in [0, 0.05) is 10.3 Å². The Kier molecular flexibility index (Phi) is 5.33. The summed E-state index contributed by atoms with van der Waals surface area (Å²) in [4.78, 5) is 13.6. The third-order valence-electron chi connectivity index (χ3n) is 5.54. The number of halogens is 1. The van der Waals surface area contributed by atoms with Crippen LogP contribution in [0.3, 0.4) is 0 Å². The Morgan fingerprint density at radius 1 is 1.21 bits per heavy atom. The fraction of sp³-hybridized carbons (Fsp3) is 0.318. The van der Waals surface area contributed by atoms with Crippen LogP contribution in [0.15, 0.2) is 47.8 Å². The lowest BCUT2D eigenvalue weighted by Crippen LogP contribution is -2.39. The van der Waals surface area contributed by atoms with Crippen LogP contribution < -0.4 is 4.74 Å². The number of methoxy groups -OCH3 is 1. The highest BCUT2D eigenvalue weighted by molar-refractivity contribution is 7.17. The lowest BCUT2D eigenvalue weighted by atomic mass is 9.90. The number of thiophene rings is 1. The van der Waals surface area contributed by atoms with Crippen LogP contribution in [0.25, 0.3) is 10.1 Å². The minimum Gasteiger partial charge on any atom is -0.496 e. The maximum absolute atomic E-state index is 14.2. The largest absolute Gasteiger partial charge is 0.496 e. The van der Waals surface area contributed by atoms with E-state index in [0.717, 1.165) is 16.5 Å². The van der Waals surface area contributed by atoms with Crippen LogP contribution in [0.2, 0.25) is 0 Å². The summed E-state index contributed by atoms with van der Waals surface area (Å²) < 4.78 is 20.9. The molecule has 6 heteroatoms. The second kappa shape index (κ2) is 7.89. The number of piperidine rings is 1. The molecule has 1 aliphatic heterocycles. The zero-order valence-electron chi connectivity index (χ0n) is 15.6. The minimum absolute atomic E-state index is 0.184. The van der Waals surface area contributed by atoms with E-state index in [2.05, 4.69) is 22.4 Å². The van der Waals surface area contributed by atoms with Gasteiger partial charge >= 0.3 is 5.97 Å². The molecule has 0 radical (unpaired) electrons. The quantitative estimate of drug-likeness (QED) is 0.661. The van der Waals surface area contributed by atoms with Gasteiger partial charge in [-0.1, -0.05) is 18.2 Å². The van der Waals surface area contributed by atoms with Crippen molar-refractivity contribution in [1.29, 1.82) is 0 Å². The van der Waals surface area contributed by atoms with Crippen molar-refractivity contribution < 1.29 is 19.0 Å². The van der Waals surface area contributed by atoms with Crippen molar-refractivity contribution in [3.05, 3.63) is 64.8 Å². The summed E-state index contributed by atoms with van der Waals surface area (Å²) in [7, 11) is 1.59. The molecule has 2 heterocycles. The molecule has 0 spiro atoms. The van der Waals surface area contributed by atoms with Crippen molar-refractivity contribution >= 4 is 27.4 Å². The maximum atomic E-state index is 14.2. The molecule has 1 aromatic heterocycles. The molecule has 0 amide bonds. The third-order valence-corrected chi connectivity index (χ3v) is 6.52. The Hall–Kier alpha value is -2.44. The van der Waals surface area contributed by atoms with E-state index in [-0.39, 0.29) is 17.8 Å². The summed E-state index contributed by atoms with van der Waals surface area (Å²) in [6.07, 6.45) is 1.18. The number of carboxylic acids is 1. The van der Waals surface area contributed by atoms with Crippen molar-refractivity contribution in [2.24, 2.45) is 5.92 Å². The van der Waals surface area contributed by atoms with Crippen molar-refractivity contribution in [2.75, 3.05) is 20.2 Å². The first-order valence-corrected chi connectivity index (χ1v) is 10.2. The van der Waals surface area contributed by atoms with Crippen LogP contribution in [0.4, 0.5) is 4.39 Å². The summed E-state index contributed by atoms with van der Waals surface area (Å²) >= 11 is 1.67. The Bertz CT molecular complexity index is 994. The molecular formula is C22H22FNO3S. The SMILES string of the molecule is COc1ccc(F)cc1C(c1csc2ccccc12)N1CCC(C(=O)O)CC1. The monoisotopic (exact) mass is 399 g/mol. The number of carboxylic acid groups (broad SMARTS) is 1. The molecule has 0 saturated carbocycles. The van der Waals surface area contributed by atoms with Gasteiger partial charge < -0.3 is 9.84 Å². The fourth-order valence-electron chi connectivity index (χ4n) is 4.09. The molecule has 0 aliphatic carbocycles. The van der Waals surface area contributed by atoms with Crippen LogP contribution in [0, 0.1) is 11.7 Å². The van der Waals surface area contributed by atoms with Gasteiger partial charge in [-0.15, -0.1) is 11.3 Å². The molecule has 146 valence electrons. The molecule has 3 aromatic rings. The molecular weight excluding hydrogens is 377 g/mol. The number of carbonyl (C=O) groups is 1. The molecule has 1 N–H and O–H groups in total. The summed E-state index contributed by atoms with van der Waals surface area (Å²) in [5.41, 5.74) is 1.89. The van der Waals surface area contributed by atoms with Gasteiger partial charge in [0.15, 0.2) is 0 Å². The average molecular weight is 399 g/mol. The highest BCUT2D eigenvalue weighted by Gasteiger charge is 2.33. The number of hydrogen-bond donors (Lipinski definition) is 1. The van der Waals surface area contributed by atoms with Crippen molar-refractivity contribution in [1.82, 2.24) is 4.90 Å². The number of fused-ring (bicyclic) bond motifs is 1. The average Bonchev–Trinajstić information content (AvgIpc) is 3.13. The second-order valence-electron chi connectivity index (χ2n) is 7.12. The van der Waals surface area contributed by atoms with Crippen LogP contribution >= 0.6 is 11.3 Å². The van der Waals surface area contributed by atoms with Gasteiger partial charge in [-0.3, -0.25) is 9.69 Å². The number of nitrogens with zero attached hydrogens (tertiary/aromatic N) is 1. The number of ether oxygens (including phenoxy) is 1. The lowest BCUT2D eigenvalue weighted by molar-refractivity contribution is -0.143. The third kappa shape index (κ3) is 3.50. The highest BCUT2D eigenvalue weighted by atomic mass is 32.1. The minimum atomic E-state index is -0.736. The summed E-state index contributed by atoms with van der Waals surface area (Å²) in [5, 5.41) is 12.6. The lowest BCUT2D eigenvalue weighted by Gasteiger charge is -2.37. The Morgan fingerprint density at radius 2 is 1.96 bits per heavy atom. The number of likely N-dealkylation sites (tertiary alicyclic amines) is 1. The molecule has 1 fully saturated rings. The van der Waals surface area contributed by atoms with Gasteiger partial charge in [0.1, 0.15) is 11.6 Å². The first-order valence-electron chi connectivity index (χ1n) is 9.35. The van der Waals surface area contributed by atoms with Crippen LogP contribution in [-0.2, 0) is 4.79 Å². The molecule has 1 unspecified atom stereocenters. The predicted octanol–water partition coefficient (Wildman–Crippen LogP) is 4.94. The topological polar surface area (TPSA) is 49.8 Å². The molecule has 1 atom stereocenters. The van der Waals surface area contributed by atoms with E-state index in [0.29, 0.717) is 31.7 Å². The molecule has 2 aromatic carbocycles. The Labute approximate surface area is 167 Å². The van der Waals surface area contributed by atoms with E-state index in [1.54, 1.807) is 30.6 Å². The van der Waals surface area contributed by atoms with E-state index in [9.17, 15) is 14.3 Å². The predicted molar refractivity (Wildman–Crippen MR) is 109 cm³/mol. The molecule has 4 rings (SSSR count). The normalized spacial score (nSPS) is 16.9. The van der Waals surface area contributed by atoms with E-state index in [4.69, 9.17) is 4.74 Å². The van der Waals surface area contributed by atoms with Gasteiger partial charge in [-0.05, 0) is 66.5 Å². The number of rotatable bonds is 5. The van der Waals surface area contributed by atoms with Gasteiger partial charge in [0.05, 0.1) is 19.1 Å². The Morgan fingerprint density at radius 3 is 2.68 bits per heavy atom. The summed E-state index contributed by atoms with van der Waals surface area (Å²) in [6.45, 7) is 1.29. The number of aliphatic carboxylic acids is 1. The van der Waals surface area contributed by atoms with E-state index >= 15 is 0 Å². The van der Waals surface area contributed by atoms with Crippen LogP contribution in [-0.4, -0.2) is 36.2 Å². The maximum Gasteiger partial charge on any atom is 0.306 e. The zero-order valence-corrected chi connectivity index (χ0v) is 16.4. The molecule has 1 saturated heterocycles. The standard InChI is InChI=1S/C22H22FNO3S/c1-27-19-7-6-15(23)12-17(19)21(24-10-8-14(9-11-24)22(25)26)18-13-28-20-5-3-2-4-16(18)20/h2-7,12-14,21H,8-11H2,1H3,(H,25,26). The second-order valence-corrected chi connectivity index (χ2v) is 8.04. The van der Waals surface area contributed by atoms with Crippen LogP contribution in [0.5, 0.6) is 5.75 Å². The number of hydrogen-bond acceptors (Lipinski definition) is 4. The van der Waals surface area contributed by atoms with Crippen molar-refractivity contribution in [3.63, 3.8) is 0 Å². The zero-order chi connectivity index (χ0) is 19.7. The first-order chi connectivity index (χ1) is 13.6. The van der Waals surface area contributed by atoms with E-state index in [1.807, 2.05) is 12.1 Å². The Balaban J connectivity index is 1.81. The van der Waals surface area contributed by atoms with E-state index in [1.165, 1.54) is 10.8 Å². The summed E-state index contributed by atoms with van der Waals surface area (Å²) in [6, 6.07) is 12.6. The van der Waals surface area contributed by atoms with Gasteiger partial charge in [0.25, 0.3) is 0 Å². The molecule has 4 nitrogen and oxygen atoms in total. The number of benzene rings is 2. The molecule has 1 aliphatic rings. The highest BCUT2D eigenvalue weighted by Crippen LogP contribution is 2.42. The van der Waals surface area contributed by atoms with Gasteiger partial charge in [-0.25, -0.2) is 4.39 Å². The van der Waals surface area contributed by atoms with Crippen molar-refractivity contribution in [2.45, 2.75) is 18.9 Å². The first kappa shape index (κ1) is 18.9. The van der Waals surface area contributed by atoms with Crippen molar-refractivity contribution in [3.8, 4) is 5.75 Å². The van der Waals surface area contributed by atoms with E-state index < -0.39 is 5.97 Å². The van der Waals surface area contributed by atoms with Crippen LogP contribution in [0.1, 0.15) is 30.0 Å².